The zero-order valence-electron chi connectivity index (χ0n) is 14.1. The molecule has 5 nitrogen and oxygen atoms in total. The van der Waals surface area contributed by atoms with Gasteiger partial charge in [-0.3, -0.25) is 4.79 Å². The van der Waals surface area contributed by atoms with Gasteiger partial charge in [0.25, 0.3) is 0 Å². The summed E-state index contributed by atoms with van der Waals surface area (Å²) in [6, 6.07) is 6.50. The molecule has 0 unspecified atom stereocenters. The van der Waals surface area contributed by atoms with Crippen LogP contribution in [-0.4, -0.2) is 37.8 Å². The molecular weight excluding hydrogens is 312 g/mol. The third kappa shape index (κ3) is 4.57. The molecule has 1 aromatic rings. The molecule has 1 N–H and O–H groups in total. The van der Waals surface area contributed by atoms with Gasteiger partial charge >= 0.3 is 0 Å². The quantitative estimate of drug-likeness (QED) is 0.774. The Balaban J connectivity index is 2.86. The van der Waals surface area contributed by atoms with Crippen LogP contribution in [0.1, 0.15) is 32.3 Å². The first kappa shape index (κ1) is 19.2. The van der Waals surface area contributed by atoms with Gasteiger partial charge in [-0.25, -0.2) is 8.42 Å². The van der Waals surface area contributed by atoms with Gasteiger partial charge in [0, 0.05) is 7.05 Å². The van der Waals surface area contributed by atoms with Gasteiger partial charge in [-0.05, 0) is 31.9 Å². The zero-order chi connectivity index (χ0) is 17.7. The Morgan fingerprint density at radius 1 is 1.26 bits per heavy atom. The third-order valence-electron chi connectivity index (χ3n) is 3.96. The predicted octanol–water partition coefficient (Wildman–Crippen LogP) is 1.92. The highest BCUT2D eigenvalue weighted by Gasteiger charge is 2.28. The van der Waals surface area contributed by atoms with Crippen molar-refractivity contribution < 1.29 is 13.2 Å². The second-order valence-electron chi connectivity index (χ2n) is 5.56. The van der Waals surface area contributed by atoms with E-state index in [1.54, 1.807) is 12.1 Å². The first-order valence-electron chi connectivity index (χ1n) is 7.52. The number of amides is 1. The Morgan fingerprint density at radius 2 is 1.78 bits per heavy atom. The van der Waals surface area contributed by atoms with Crippen LogP contribution in [0.15, 0.2) is 29.2 Å². The van der Waals surface area contributed by atoms with Crippen LogP contribution < -0.4 is 5.32 Å². The van der Waals surface area contributed by atoms with E-state index < -0.39 is 21.5 Å². The molecule has 1 amide bonds. The average Bonchev–Trinajstić information content (AvgIpc) is 2.53. The van der Waals surface area contributed by atoms with Gasteiger partial charge in [-0.15, -0.1) is 6.42 Å². The average molecular weight is 336 g/mol. The van der Waals surface area contributed by atoms with E-state index in [0.29, 0.717) is 12.8 Å². The molecule has 0 heterocycles. The number of nitrogens with zero attached hydrogens (tertiary/aromatic N) is 1. The van der Waals surface area contributed by atoms with Crippen LogP contribution in [0.25, 0.3) is 0 Å². The Labute approximate surface area is 139 Å². The van der Waals surface area contributed by atoms with Crippen molar-refractivity contribution in [2.45, 2.75) is 44.0 Å². The van der Waals surface area contributed by atoms with Gasteiger partial charge < -0.3 is 5.32 Å². The van der Waals surface area contributed by atoms with E-state index in [9.17, 15) is 13.2 Å². The second-order valence-corrected chi connectivity index (χ2v) is 7.60. The van der Waals surface area contributed by atoms with Crippen LogP contribution in [0.5, 0.6) is 0 Å². The lowest BCUT2D eigenvalue weighted by atomic mass is 9.94. The second kappa shape index (κ2) is 7.62. The van der Waals surface area contributed by atoms with Crippen LogP contribution >= 0.6 is 0 Å². The molecule has 0 atom stereocenters. The summed E-state index contributed by atoms with van der Waals surface area (Å²) in [5.41, 5.74) is 0.236. The highest BCUT2D eigenvalue weighted by molar-refractivity contribution is 7.89. The van der Waals surface area contributed by atoms with E-state index in [1.165, 1.54) is 19.2 Å². The van der Waals surface area contributed by atoms with Crippen molar-refractivity contribution in [2.24, 2.45) is 0 Å². The number of nitrogens with one attached hydrogen (secondary N) is 1. The molecule has 1 rings (SSSR count). The van der Waals surface area contributed by atoms with Gasteiger partial charge in [0.05, 0.1) is 11.4 Å². The number of benzene rings is 1. The Hall–Kier alpha value is -1.84. The molecule has 0 spiro atoms. The largest absolute Gasteiger partial charge is 0.339 e. The van der Waals surface area contributed by atoms with Crippen molar-refractivity contribution in [2.75, 3.05) is 13.6 Å². The highest BCUT2D eigenvalue weighted by atomic mass is 32.2. The third-order valence-corrected chi connectivity index (χ3v) is 5.78. The van der Waals surface area contributed by atoms with Gasteiger partial charge in [0.1, 0.15) is 5.54 Å². The summed E-state index contributed by atoms with van der Waals surface area (Å²) in [5.74, 6) is 2.18. The number of hydrogen-bond acceptors (Lipinski definition) is 3. The Bertz CT molecular complexity index is 684. The summed E-state index contributed by atoms with van der Waals surface area (Å²) in [7, 11) is -2.33. The molecule has 0 bridgehead atoms. The van der Waals surface area contributed by atoms with Gasteiger partial charge in [-0.1, -0.05) is 37.5 Å². The summed E-state index contributed by atoms with van der Waals surface area (Å²) in [5, 5.41) is 2.76. The van der Waals surface area contributed by atoms with Crippen molar-refractivity contribution in [3.05, 3.63) is 29.8 Å². The molecule has 0 saturated heterocycles. The molecule has 0 aromatic heterocycles. The van der Waals surface area contributed by atoms with E-state index >= 15 is 0 Å². The maximum atomic E-state index is 12.5. The molecule has 0 aliphatic rings. The summed E-state index contributed by atoms with van der Waals surface area (Å²) >= 11 is 0. The van der Waals surface area contributed by atoms with Crippen molar-refractivity contribution in [3.8, 4) is 12.3 Å². The van der Waals surface area contributed by atoms with Crippen LogP contribution in [-0.2, 0) is 14.8 Å². The lowest BCUT2D eigenvalue weighted by molar-refractivity contribution is -0.122. The fraction of sp³-hybridized carbons (Fsp3) is 0.471. The molecule has 0 saturated carbocycles. The molecule has 0 radical (unpaired) electrons. The molecule has 0 fully saturated rings. The van der Waals surface area contributed by atoms with E-state index in [-0.39, 0.29) is 11.4 Å². The highest BCUT2D eigenvalue weighted by Crippen LogP contribution is 2.16. The van der Waals surface area contributed by atoms with Crippen molar-refractivity contribution in [1.29, 1.82) is 0 Å². The first-order valence-corrected chi connectivity index (χ1v) is 8.96. The summed E-state index contributed by atoms with van der Waals surface area (Å²) in [6.45, 7) is 5.37. The maximum Gasteiger partial charge on any atom is 0.243 e. The van der Waals surface area contributed by atoms with E-state index in [2.05, 4.69) is 11.2 Å². The van der Waals surface area contributed by atoms with Gasteiger partial charge in [0.2, 0.25) is 15.9 Å². The van der Waals surface area contributed by atoms with Crippen LogP contribution in [0, 0.1) is 19.3 Å². The minimum Gasteiger partial charge on any atom is -0.339 e. The number of aryl methyl sites for hydroxylation is 1. The molecule has 1 aromatic carbocycles. The Kier molecular flexibility index (Phi) is 6.37. The Morgan fingerprint density at radius 3 is 2.22 bits per heavy atom. The van der Waals surface area contributed by atoms with E-state index in [4.69, 9.17) is 6.42 Å². The number of carbonyl (C=O) groups excluding carboxylic acids is 1. The van der Waals surface area contributed by atoms with Crippen molar-refractivity contribution in [1.82, 2.24) is 9.62 Å². The van der Waals surface area contributed by atoms with Crippen molar-refractivity contribution >= 4 is 15.9 Å². The number of sulfonamides is 1. The molecule has 23 heavy (non-hydrogen) atoms. The maximum absolute atomic E-state index is 12.5. The fourth-order valence-corrected chi connectivity index (χ4v) is 3.28. The van der Waals surface area contributed by atoms with Crippen molar-refractivity contribution in [3.63, 3.8) is 0 Å². The number of hydrogen-bond donors (Lipinski definition) is 1. The van der Waals surface area contributed by atoms with Crippen LogP contribution in [0.2, 0.25) is 0 Å². The predicted molar refractivity (Wildman–Crippen MR) is 91.3 cm³/mol. The molecule has 6 heteroatoms. The summed E-state index contributed by atoms with van der Waals surface area (Å²) < 4.78 is 25.9. The topological polar surface area (TPSA) is 66.5 Å². The van der Waals surface area contributed by atoms with Crippen LogP contribution in [0.4, 0.5) is 0 Å². The SMILES string of the molecule is C#CC(CC)(CC)NC(=O)CN(C)S(=O)(=O)c1ccc(C)cc1. The molecular formula is C17H24N2O3S. The molecule has 126 valence electrons. The smallest absolute Gasteiger partial charge is 0.243 e. The number of terminal acetylenes is 1. The van der Waals surface area contributed by atoms with Crippen LogP contribution in [0.3, 0.4) is 0 Å². The number of carbonyl (C=O) groups is 1. The standard InChI is InChI=1S/C17H24N2O3S/c1-6-17(7-2,8-3)18-16(20)13-19(5)23(21,22)15-11-9-14(4)10-12-15/h1,9-12H,7-8,13H2,2-5H3,(H,18,20). The lowest BCUT2D eigenvalue weighted by Crippen LogP contribution is -2.50. The minimum absolute atomic E-state index is 0.160. The number of rotatable bonds is 7. The van der Waals surface area contributed by atoms with Gasteiger partial charge in [-0.2, -0.15) is 4.31 Å². The summed E-state index contributed by atoms with van der Waals surface area (Å²) in [6.07, 6.45) is 6.67. The normalized spacial score (nSPS) is 12.0. The monoisotopic (exact) mass is 336 g/mol. The summed E-state index contributed by atoms with van der Waals surface area (Å²) in [4.78, 5) is 12.3. The number of likely N-dealkylation sites (N-methyl/N-ethyl adjacent to an activating group) is 1. The van der Waals surface area contributed by atoms with E-state index in [1.807, 2.05) is 20.8 Å². The van der Waals surface area contributed by atoms with Gasteiger partial charge in [0.15, 0.2) is 0 Å². The van der Waals surface area contributed by atoms with E-state index in [0.717, 1.165) is 9.87 Å². The zero-order valence-corrected chi connectivity index (χ0v) is 14.9. The minimum atomic E-state index is -3.71. The fourth-order valence-electron chi connectivity index (χ4n) is 2.15. The first-order chi connectivity index (χ1) is 10.7. The molecule has 0 aliphatic carbocycles. The lowest BCUT2D eigenvalue weighted by Gasteiger charge is -2.28. The molecule has 0 aliphatic heterocycles.